The van der Waals surface area contributed by atoms with Crippen LogP contribution < -0.4 is 9.47 Å². The molecule has 0 aliphatic heterocycles. The van der Waals surface area contributed by atoms with Crippen molar-refractivity contribution in [2.24, 2.45) is 0 Å². The first kappa shape index (κ1) is 11.4. The Morgan fingerprint density at radius 1 is 1.35 bits per heavy atom. The van der Waals surface area contributed by atoms with Crippen molar-refractivity contribution in [2.75, 3.05) is 6.61 Å². The zero-order valence-electron chi connectivity index (χ0n) is 9.66. The Morgan fingerprint density at radius 2 is 2.12 bits per heavy atom. The van der Waals surface area contributed by atoms with Crippen molar-refractivity contribution in [1.82, 2.24) is 10.2 Å². The van der Waals surface area contributed by atoms with E-state index in [9.17, 15) is 4.39 Å². The third kappa shape index (κ3) is 2.38. The summed E-state index contributed by atoms with van der Waals surface area (Å²) in [6.07, 6.45) is 0. The molecule has 0 saturated carbocycles. The molecule has 0 spiro atoms. The number of hydrogen-bond donors (Lipinski definition) is 1. The van der Waals surface area contributed by atoms with Crippen molar-refractivity contribution >= 4 is 0 Å². The Morgan fingerprint density at radius 3 is 2.82 bits per heavy atom. The van der Waals surface area contributed by atoms with Gasteiger partial charge in [0.25, 0.3) is 5.88 Å². The van der Waals surface area contributed by atoms with Gasteiger partial charge in [0.1, 0.15) is 0 Å². The molecule has 2 rings (SSSR count). The lowest BCUT2D eigenvalue weighted by atomic mass is 10.3. The van der Waals surface area contributed by atoms with Crippen LogP contribution in [0.25, 0.3) is 0 Å². The van der Waals surface area contributed by atoms with Gasteiger partial charge in [-0.15, -0.1) is 5.10 Å². The van der Waals surface area contributed by atoms with E-state index in [4.69, 9.17) is 9.47 Å². The summed E-state index contributed by atoms with van der Waals surface area (Å²) in [5, 5.41) is 6.68. The molecule has 0 aliphatic rings. The first-order chi connectivity index (χ1) is 8.22. The summed E-state index contributed by atoms with van der Waals surface area (Å²) in [6, 6.07) is 6.20. The fourth-order valence-corrected chi connectivity index (χ4v) is 1.39. The van der Waals surface area contributed by atoms with Crippen LogP contribution in [0.1, 0.15) is 12.6 Å². The van der Waals surface area contributed by atoms with Gasteiger partial charge in [-0.1, -0.05) is 12.1 Å². The van der Waals surface area contributed by atoms with Crippen molar-refractivity contribution in [1.29, 1.82) is 0 Å². The Bertz CT molecular complexity index is 511. The molecule has 0 unspecified atom stereocenters. The predicted molar refractivity (Wildman–Crippen MR) is 61.0 cm³/mol. The van der Waals surface area contributed by atoms with Gasteiger partial charge in [0.2, 0.25) is 5.75 Å². The van der Waals surface area contributed by atoms with Crippen LogP contribution in [-0.4, -0.2) is 16.8 Å². The number of aryl methyl sites for hydroxylation is 1. The molecule has 0 aliphatic carbocycles. The summed E-state index contributed by atoms with van der Waals surface area (Å²) in [5.41, 5.74) is 0.691. The molecular weight excluding hydrogens is 223 g/mol. The van der Waals surface area contributed by atoms with Gasteiger partial charge in [0.15, 0.2) is 11.6 Å². The predicted octanol–water partition coefficient (Wildman–Crippen LogP) is 3.05. The van der Waals surface area contributed by atoms with Crippen molar-refractivity contribution in [2.45, 2.75) is 13.8 Å². The summed E-state index contributed by atoms with van der Waals surface area (Å²) >= 11 is 0. The first-order valence-electron chi connectivity index (χ1n) is 5.32. The number of nitrogens with zero attached hydrogens (tertiary/aromatic N) is 1. The van der Waals surface area contributed by atoms with Gasteiger partial charge in [-0.2, -0.15) is 0 Å². The molecule has 90 valence electrons. The van der Waals surface area contributed by atoms with E-state index in [1.165, 1.54) is 6.07 Å². The highest BCUT2D eigenvalue weighted by molar-refractivity contribution is 5.41. The van der Waals surface area contributed by atoms with Crippen LogP contribution in [0, 0.1) is 12.7 Å². The fraction of sp³-hybridized carbons (Fsp3) is 0.250. The summed E-state index contributed by atoms with van der Waals surface area (Å²) in [4.78, 5) is 0. The van der Waals surface area contributed by atoms with Crippen LogP contribution in [0.3, 0.4) is 0 Å². The van der Waals surface area contributed by atoms with E-state index in [0.717, 1.165) is 0 Å². The third-order valence-corrected chi connectivity index (χ3v) is 2.19. The average Bonchev–Trinajstić information content (AvgIpc) is 2.65. The molecule has 1 aromatic carbocycles. The number of rotatable bonds is 4. The van der Waals surface area contributed by atoms with Crippen molar-refractivity contribution in [3.63, 3.8) is 0 Å². The number of ether oxygens (including phenoxy) is 2. The Balaban J connectivity index is 2.29. The van der Waals surface area contributed by atoms with Crippen LogP contribution in [-0.2, 0) is 0 Å². The van der Waals surface area contributed by atoms with Gasteiger partial charge in [-0.3, -0.25) is 5.10 Å². The maximum absolute atomic E-state index is 13.4. The molecule has 17 heavy (non-hydrogen) atoms. The van der Waals surface area contributed by atoms with Gasteiger partial charge in [0, 0.05) is 0 Å². The highest BCUT2D eigenvalue weighted by Crippen LogP contribution is 2.33. The van der Waals surface area contributed by atoms with Gasteiger partial charge in [-0.05, 0) is 26.0 Å². The van der Waals surface area contributed by atoms with Crippen LogP contribution in [0.5, 0.6) is 17.4 Å². The Kier molecular flexibility index (Phi) is 3.27. The maximum atomic E-state index is 13.4. The molecule has 2 aromatic rings. The number of aromatic nitrogens is 2. The van der Waals surface area contributed by atoms with E-state index in [-0.39, 0.29) is 5.75 Å². The van der Waals surface area contributed by atoms with E-state index >= 15 is 0 Å². The lowest BCUT2D eigenvalue weighted by Gasteiger charge is -2.07. The van der Waals surface area contributed by atoms with Crippen LogP contribution in [0.15, 0.2) is 24.3 Å². The average molecular weight is 236 g/mol. The minimum atomic E-state index is -0.421. The largest absolute Gasteiger partial charge is 0.474 e. The smallest absolute Gasteiger partial charge is 0.276 e. The van der Waals surface area contributed by atoms with E-state index in [0.29, 0.717) is 23.9 Å². The zero-order valence-corrected chi connectivity index (χ0v) is 9.66. The number of benzene rings is 1. The van der Waals surface area contributed by atoms with Gasteiger partial charge in [-0.25, -0.2) is 4.39 Å². The van der Waals surface area contributed by atoms with E-state index in [2.05, 4.69) is 10.2 Å². The molecule has 4 nitrogen and oxygen atoms in total. The van der Waals surface area contributed by atoms with Gasteiger partial charge in [0.05, 0.1) is 12.3 Å². The number of aromatic amines is 1. The van der Waals surface area contributed by atoms with Crippen LogP contribution in [0.4, 0.5) is 4.39 Å². The summed E-state index contributed by atoms with van der Waals surface area (Å²) < 4.78 is 24.2. The van der Waals surface area contributed by atoms with E-state index in [1.807, 2.05) is 6.92 Å². The molecule has 0 amide bonds. The summed E-state index contributed by atoms with van der Waals surface area (Å²) in [6.45, 7) is 4.10. The summed E-state index contributed by atoms with van der Waals surface area (Å²) in [7, 11) is 0. The second kappa shape index (κ2) is 4.86. The molecule has 0 bridgehead atoms. The minimum Gasteiger partial charge on any atom is -0.474 e. The molecule has 0 fully saturated rings. The third-order valence-electron chi connectivity index (χ3n) is 2.19. The minimum absolute atomic E-state index is 0.151. The van der Waals surface area contributed by atoms with Gasteiger partial charge >= 0.3 is 0 Å². The standard InChI is InChI=1S/C12H13FN2O2/c1-3-16-12-11(8(2)14-15-12)17-10-7-5-4-6-9(10)13/h4-7H,3H2,1-2H3,(H,14,15). The Labute approximate surface area is 98.4 Å². The zero-order chi connectivity index (χ0) is 12.3. The highest BCUT2D eigenvalue weighted by atomic mass is 19.1. The Hall–Kier alpha value is -2.04. The maximum Gasteiger partial charge on any atom is 0.276 e. The normalized spacial score (nSPS) is 10.3. The van der Waals surface area contributed by atoms with Gasteiger partial charge < -0.3 is 9.47 Å². The SMILES string of the molecule is CCOc1n[nH]c(C)c1Oc1ccccc1F. The van der Waals surface area contributed by atoms with Crippen LogP contribution >= 0.6 is 0 Å². The van der Waals surface area contributed by atoms with Crippen molar-refractivity contribution in [3.05, 3.63) is 35.8 Å². The van der Waals surface area contributed by atoms with E-state index < -0.39 is 5.82 Å². The molecular formula is C12H13FN2O2. The number of nitrogens with one attached hydrogen (secondary N) is 1. The van der Waals surface area contributed by atoms with Crippen molar-refractivity contribution in [3.8, 4) is 17.4 Å². The number of hydrogen-bond acceptors (Lipinski definition) is 3. The molecule has 0 atom stereocenters. The highest BCUT2D eigenvalue weighted by Gasteiger charge is 2.15. The second-order valence-corrected chi connectivity index (χ2v) is 3.45. The molecule has 1 heterocycles. The van der Waals surface area contributed by atoms with E-state index in [1.54, 1.807) is 25.1 Å². The molecule has 0 radical (unpaired) electrons. The first-order valence-corrected chi connectivity index (χ1v) is 5.32. The van der Waals surface area contributed by atoms with Crippen molar-refractivity contribution < 1.29 is 13.9 Å². The molecule has 1 N–H and O–H groups in total. The number of H-pyrrole nitrogens is 1. The molecule has 0 saturated heterocycles. The molecule has 1 aromatic heterocycles. The number of para-hydroxylation sites is 1. The summed E-state index contributed by atoms with van der Waals surface area (Å²) in [5.74, 6) is 0.485. The number of halogens is 1. The quantitative estimate of drug-likeness (QED) is 0.887. The molecule has 5 heteroatoms. The lowest BCUT2D eigenvalue weighted by Crippen LogP contribution is -1.95. The second-order valence-electron chi connectivity index (χ2n) is 3.45. The monoisotopic (exact) mass is 236 g/mol. The topological polar surface area (TPSA) is 47.1 Å². The van der Waals surface area contributed by atoms with Crippen LogP contribution in [0.2, 0.25) is 0 Å². The fourth-order valence-electron chi connectivity index (χ4n) is 1.39. The lowest BCUT2D eigenvalue weighted by molar-refractivity contribution is 0.307.